The molecule has 0 unspecified atom stereocenters. The molecule has 3 nitrogen and oxygen atoms in total. The van der Waals surface area contributed by atoms with Crippen molar-refractivity contribution in [3.8, 4) is 0 Å². The molecule has 2 aromatic rings. The summed E-state index contributed by atoms with van der Waals surface area (Å²) >= 11 is 0. The van der Waals surface area contributed by atoms with Crippen LogP contribution in [0, 0.1) is 0 Å². The summed E-state index contributed by atoms with van der Waals surface area (Å²) < 4.78 is 0. The number of piperazine rings is 1. The standard InChI is InChI=1S/C16H23N3.2ClH/c1-2-3-16(19-10-8-17-9-11-19)14-5-4-13-6-7-18-15(13)12-14;;/h4-7,12,16-18H,2-3,8-11H2,1H3;2*1H/t16-;;/m0../s1. The predicted octanol–water partition coefficient (Wildman–Crippen LogP) is 3.76. The van der Waals surface area contributed by atoms with Crippen molar-refractivity contribution < 1.29 is 0 Å². The van der Waals surface area contributed by atoms with E-state index >= 15 is 0 Å². The average molecular weight is 330 g/mol. The summed E-state index contributed by atoms with van der Waals surface area (Å²) in [6.45, 7) is 6.83. The van der Waals surface area contributed by atoms with Crippen LogP contribution in [-0.2, 0) is 0 Å². The normalized spacial score (nSPS) is 17.0. The van der Waals surface area contributed by atoms with Crippen LogP contribution in [0.1, 0.15) is 31.4 Å². The molecule has 2 heterocycles. The molecule has 1 fully saturated rings. The van der Waals surface area contributed by atoms with Crippen molar-refractivity contribution in [2.24, 2.45) is 0 Å². The van der Waals surface area contributed by atoms with Crippen molar-refractivity contribution in [1.29, 1.82) is 0 Å². The quantitative estimate of drug-likeness (QED) is 0.894. The minimum atomic E-state index is 0. The lowest BCUT2D eigenvalue weighted by Crippen LogP contribution is -2.45. The van der Waals surface area contributed by atoms with Crippen LogP contribution in [0.2, 0.25) is 0 Å². The molecule has 0 amide bonds. The van der Waals surface area contributed by atoms with Crippen molar-refractivity contribution in [3.05, 3.63) is 36.0 Å². The second kappa shape index (κ2) is 8.64. The zero-order chi connectivity index (χ0) is 13.1. The second-order valence-electron chi connectivity index (χ2n) is 5.41. The number of nitrogens with one attached hydrogen (secondary N) is 2. The smallest absolute Gasteiger partial charge is 0.0457 e. The fourth-order valence-electron chi connectivity index (χ4n) is 3.10. The molecule has 1 saturated heterocycles. The van der Waals surface area contributed by atoms with Gasteiger partial charge < -0.3 is 10.3 Å². The predicted molar refractivity (Wildman–Crippen MR) is 94.9 cm³/mol. The molecular formula is C16H25Cl2N3. The average Bonchev–Trinajstić information content (AvgIpc) is 2.93. The molecule has 1 aliphatic heterocycles. The SMILES string of the molecule is CCC[C@@H](c1ccc2cc[nH]c2c1)N1CCNCC1.Cl.Cl. The Morgan fingerprint density at radius 3 is 2.62 bits per heavy atom. The first-order chi connectivity index (χ1) is 9.38. The molecule has 0 saturated carbocycles. The molecule has 2 N–H and O–H groups in total. The van der Waals surface area contributed by atoms with Gasteiger partial charge in [0.15, 0.2) is 0 Å². The summed E-state index contributed by atoms with van der Waals surface area (Å²) in [4.78, 5) is 5.96. The van der Waals surface area contributed by atoms with Crippen LogP contribution >= 0.6 is 24.8 Å². The fraction of sp³-hybridized carbons (Fsp3) is 0.500. The van der Waals surface area contributed by atoms with E-state index in [1.165, 1.54) is 29.3 Å². The van der Waals surface area contributed by atoms with Crippen molar-refractivity contribution in [1.82, 2.24) is 15.2 Å². The lowest BCUT2D eigenvalue weighted by atomic mass is 9.99. The van der Waals surface area contributed by atoms with E-state index < -0.39 is 0 Å². The van der Waals surface area contributed by atoms with Crippen molar-refractivity contribution in [2.45, 2.75) is 25.8 Å². The first kappa shape index (κ1) is 18.3. The summed E-state index contributed by atoms with van der Waals surface area (Å²) in [6.07, 6.45) is 4.50. The van der Waals surface area contributed by atoms with Gasteiger partial charge in [-0.3, -0.25) is 4.90 Å². The van der Waals surface area contributed by atoms with Crippen molar-refractivity contribution >= 4 is 35.7 Å². The lowest BCUT2D eigenvalue weighted by Gasteiger charge is -2.35. The van der Waals surface area contributed by atoms with Crippen LogP contribution in [0.25, 0.3) is 10.9 Å². The van der Waals surface area contributed by atoms with Gasteiger partial charge in [-0.15, -0.1) is 24.8 Å². The number of aromatic nitrogens is 1. The van der Waals surface area contributed by atoms with Gasteiger partial charge in [-0.25, -0.2) is 0 Å². The van der Waals surface area contributed by atoms with Gasteiger partial charge in [-0.1, -0.05) is 25.5 Å². The number of hydrogen-bond donors (Lipinski definition) is 2. The Hall–Kier alpha value is -0.740. The van der Waals surface area contributed by atoms with E-state index in [1.54, 1.807) is 0 Å². The molecule has 21 heavy (non-hydrogen) atoms. The van der Waals surface area contributed by atoms with E-state index in [9.17, 15) is 0 Å². The third-order valence-corrected chi connectivity index (χ3v) is 4.12. The van der Waals surface area contributed by atoms with Gasteiger partial charge in [0.25, 0.3) is 0 Å². The third kappa shape index (κ3) is 4.13. The monoisotopic (exact) mass is 329 g/mol. The molecular weight excluding hydrogens is 305 g/mol. The topological polar surface area (TPSA) is 31.1 Å². The Kier molecular flexibility index (Phi) is 7.53. The Labute approximate surface area is 139 Å². The van der Waals surface area contributed by atoms with Crippen molar-refractivity contribution in [2.75, 3.05) is 26.2 Å². The second-order valence-corrected chi connectivity index (χ2v) is 5.41. The summed E-state index contributed by atoms with van der Waals surface area (Å²) in [6, 6.07) is 9.58. The van der Waals surface area contributed by atoms with E-state index in [0.717, 1.165) is 26.2 Å². The number of benzene rings is 1. The summed E-state index contributed by atoms with van der Waals surface area (Å²) in [5, 5.41) is 4.75. The van der Waals surface area contributed by atoms with Crippen LogP contribution in [0.3, 0.4) is 0 Å². The van der Waals surface area contributed by atoms with Crippen molar-refractivity contribution in [3.63, 3.8) is 0 Å². The molecule has 0 aliphatic carbocycles. The van der Waals surface area contributed by atoms with E-state index in [-0.39, 0.29) is 24.8 Å². The number of rotatable bonds is 4. The van der Waals surface area contributed by atoms with Gasteiger partial charge in [-0.2, -0.15) is 0 Å². The van der Waals surface area contributed by atoms with Crippen LogP contribution in [0.5, 0.6) is 0 Å². The molecule has 1 aromatic carbocycles. The molecule has 0 bridgehead atoms. The molecule has 0 spiro atoms. The van der Waals surface area contributed by atoms with Gasteiger partial charge in [0, 0.05) is 43.9 Å². The highest BCUT2D eigenvalue weighted by Gasteiger charge is 2.21. The maximum atomic E-state index is 3.44. The zero-order valence-electron chi connectivity index (χ0n) is 12.5. The number of nitrogens with zero attached hydrogens (tertiary/aromatic N) is 1. The fourth-order valence-corrected chi connectivity index (χ4v) is 3.10. The maximum Gasteiger partial charge on any atom is 0.0457 e. The number of H-pyrrole nitrogens is 1. The molecule has 118 valence electrons. The Morgan fingerprint density at radius 2 is 1.90 bits per heavy atom. The summed E-state index contributed by atoms with van der Waals surface area (Å²) in [5.41, 5.74) is 2.72. The van der Waals surface area contributed by atoms with E-state index in [1.807, 2.05) is 6.20 Å². The number of halogens is 2. The van der Waals surface area contributed by atoms with Gasteiger partial charge in [0.1, 0.15) is 0 Å². The lowest BCUT2D eigenvalue weighted by molar-refractivity contribution is 0.165. The van der Waals surface area contributed by atoms with Crippen LogP contribution in [0.15, 0.2) is 30.5 Å². The van der Waals surface area contributed by atoms with Gasteiger partial charge in [-0.05, 0) is 29.5 Å². The third-order valence-electron chi connectivity index (χ3n) is 4.12. The Bertz CT molecular complexity index is 535. The highest BCUT2D eigenvalue weighted by Crippen LogP contribution is 2.28. The van der Waals surface area contributed by atoms with Gasteiger partial charge in [0.2, 0.25) is 0 Å². The van der Waals surface area contributed by atoms with E-state index in [2.05, 4.69) is 46.4 Å². The zero-order valence-corrected chi connectivity index (χ0v) is 14.1. The highest BCUT2D eigenvalue weighted by molar-refractivity contribution is 5.85. The molecule has 1 aromatic heterocycles. The minimum Gasteiger partial charge on any atom is -0.361 e. The number of aromatic amines is 1. The molecule has 1 atom stereocenters. The highest BCUT2D eigenvalue weighted by atomic mass is 35.5. The summed E-state index contributed by atoms with van der Waals surface area (Å²) in [5.74, 6) is 0. The number of fused-ring (bicyclic) bond motifs is 1. The molecule has 1 aliphatic rings. The molecule has 0 radical (unpaired) electrons. The van der Waals surface area contributed by atoms with Crippen LogP contribution < -0.4 is 5.32 Å². The first-order valence-corrected chi connectivity index (χ1v) is 7.40. The largest absolute Gasteiger partial charge is 0.361 e. The summed E-state index contributed by atoms with van der Waals surface area (Å²) in [7, 11) is 0. The number of hydrogen-bond acceptors (Lipinski definition) is 2. The first-order valence-electron chi connectivity index (χ1n) is 7.40. The van der Waals surface area contributed by atoms with E-state index in [4.69, 9.17) is 0 Å². The van der Waals surface area contributed by atoms with Crippen LogP contribution in [0.4, 0.5) is 0 Å². The molecule has 5 heteroatoms. The van der Waals surface area contributed by atoms with Gasteiger partial charge in [0.05, 0.1) is 0 Å². The van der Waals surface area contributed by atoms with Gasteiger partial charge >= 0.3 is 0 Å². The van der Waals surface area contributed by atoms with Crippen LogP contribution in [-0.4, -0.2) is 36.1 Å². The maximum absolute atomic E-state index is 3.44. The Morgan fingerprint density at radius 1 is 1.14 bits per heavy atom. The Balaban J connectivity index is 0.00000110. The minimum absolute atomic E-state index is 0. The van der Waals surface area contributed by atoms with E-state index in [0.29, 0.717) is 6.04 Å². The molecule has 3 rings (SSSR count).